The van der Waals surface area contributed by atoms with E-state index in [1.807, 2.05) is 0 Å². The van der Waals surface area contributed by atoms with Gasteiger partial charge in [-0.05, 0) is 51.6 Å². The lowest BCUT2D eigenvalue weighted by molar-refractivity contribution is 0.113. The van der Waals surface area contributed by atoms with Crippen molar-refractivity contribution in [2.45, 2.75) is 45.7 Å². The van der Waals surface area contributed by atoms with Gasteiger partial charge in [-0.25, -0.2) is 18.2 Å². The summed E-state index contributed by atoms with van der Waals surface area (Å²) in [6.45, 7) is 5.03. The fourth-order valence-corrected chi connectivity index (χ4v) is 4.68. The highest BCUT2D eigenvalue weighted by Crippen LogP contribution is 2.32. The van der Waals surface area contributed by atoms with Gasteiger partial charge >= 0.3 is 0 Å². The van der Waals surface area contributed by atoms with Gasteiger partial charge in [0, 0.05) is 29.9 Å². The van der Waals surface area contributed by atoms with Gasteiger partial charge in [0.1, 0.15) is 10.8 Å². The van der Waals surface area contributed by atoms with Gasteiger partial charge in [0.05, 0.1) is 10.7 Å². The summed E-state index contributed by atoms with van der Waals surface area (Å²) in [5.41, 5.74) is 1.45. The van der Waals surface area contributed by atoms with E-state index in [9.17, 15) is 13.2 Å². The number of aromatic nitrogens is 3. The fraction of sp³-hybridized carbons (Fsp3) is 0.391. The van der Waals surface area contributed by atoms with Crippen LogP contribution in [0.2, 0.25) is 10.0 Å². The zero-order valence-corrected chi connectivity index (χ0v) is 19.7. The zero-order chi connectivity index (χ0) is 23.7. The maximum atomic E-state index is 14.7. The number of aryl methyl sites for hydroxylation is 1. The third-order valence-corrected chi connectivity index (χ3v) is 6.68. The Bertz CT molecular complexity index is 1150. The summed E-state index contributed by atoms with van der Waals surface area (Å²) >= 11 is 11.8. The molecule has 0 spiro atoms. The Kier molecular flexibility index (Phi) is 7.16. The lowest BCUT2D eigenvalue weighted by Crippen LogP contribution is -2.41. The quantitative estimate of drug-likeness (QED) is 0.412. The van der Waals surface area contributed by atoms with Crippen molar-refractivity contribution in [2.75, 3.05) is 11.9 Å². The fourth-order valence-electron chi connectivity index (χ4n) is 4.28. The number of aromatic amines is 1. The molecule has 1 aliphatic heterocycles. The second kappa shape index (κ2) is 9.91. The van der Waals surface area contributed by atoms with Gasteiger partial charge in [-0.15, -0.1) is 0 Å². The summed E-state index contributed by atoms with van der Waals surface area (Å²) in [5.74, 6) is -1.86. The topological polar surface area (TPSA) is 56.8 Å². The molecule has 176 valence electrons. The van der Waals surface area contributed by atoms with E-state index in [4.69, 9.17) is 23.2 Å². The van der Waals surface area contributed by atoms with Crippen LogP contribution in [0.15, 0.2) is 24.3 Å². The third-order valence-electron chi connectivity index (χ3n) is 6.06. The Balaban J connectivity index is 1.45. The van der Waals surface area contributed by atoms with Crippen molar-refractivity contribution in [3.63, 3.8) is 0 Å². The summed E-state index contributed by atoms with van der Waals surface area (Å²) < 4.78 is 43.5. The van der Waals surface area contributed by atoms with Crippen LogP contribution in [0, 0.1) is 30.3 Å². The van der Waals surface area contributed by atoms with E-state index in [0.29, 0.717) is 30.9 Å². The van der Waals surface area contributed by atoms with Crippen LogP contribution in [-0.2, 0) is 13.0 Å². The molecule has 0 unspecified atom stereocenters. The number of hydrogen-bond acceptors (Lipinski definition) is 4. The minimum Gasteiger partial charge on any atom is -0.321 e. The van der Waals surface area contributed by atoms with Crippen molar-refractivity contribution in [1.29, 1.82) is 0 Å². The molecule has 3 heterocycles. The standard InChI is InChI=1S/C23H24Cl2F3N5/c1-12-8-18(32-31-12)30-23-22(28)19(25)21(27)17(29-23)10-14-6-7-33(13(2)9-14)11-15-4-3-5-16(24)20(15)26/h3-5,8,13-14H,6-7,9-11H2,1-2H3,(H2,29,30,31,32)/t13-,14-/m1/s1. The Hall–Kier alpha value is -2.29. The van der Waals surface area contributed by atoms with Crippen LogP contribution in [-0.4, -0.2) is 32.7 Å². The van der Waals surface area contributed by atoms with Gasteiger partial charge in [0.2, 0.25) is 0 Å². The Morgan fingerprint density at radius 2 is 1.97 bits per heavy atom. The molecule has 2 N–H and O–H groups in total. The predicted molar refractivity (Wildman–Crippen MR) is 123 cm³/mol. The molecular weight excluding hydrogens is 474 g/mol. The first-order valence-corrected chi connectivity index (χ1v) is 11.5. The largest absolute Gasteiger partial charge is 0.321 e. The molecule has 33 heavy (non-hydrogen) atoms. The number of anilines is 2. The van der Waals surface area contributed by atoms with Gasteiger partial charge in [-0.1, -0.05) is 35.3 Å². The second-order valence-electron chi connectivity index (χ2n) is 8.54. The molecule has 0 aliphatic carbocycles. The summed E-state index contributed by atoms with van der Waals surface area (Å²) in [6.07, 6.45) is 1.85. The molecule has 0 bridgehead atoms. The maximum Gasteiger partial charge on any atom is 0.187 e. The van der Waals surface area contributed by atoms with Crippen LogP contribution < -0.4 is 5.32 Å². The number of hydrogen-bond donors (Lipinski definition) is 2. The molecule has 0 amide bonds. The van der Waals surface area contributed by atoms with E-state index in [0.717, 1.165) is 18.5 Å². The summed E-state index contributed by atoms with van der Waals surface area (Å²) in [5, 5.41) is 9.02. The predicted octanol–water partition coefficient (Wildman–Crippen LogP) is 6.42. The molecule has 10 heteroatoms. The van der Waals surface area contributed by atoms with Crippen molar-refractivity contribution in [3.05, 3.63) is 68.7 Å². The first-order valence-electron chi connectivity index (χ1n) is 10.7. The molecule has 1 fully saturated rings. The highest BCUT2D eigenvalue weighted by molar-refractivity contribution is 6.31. The lowest BCUT2D eigenvalue weighted by Gasteiger charge is -2.38. The number of piperidine rings is 1. The SMILES string of the molecule is Cc1cc(Nc2nc(C[C@@H]3CCN(Cc4cccc(Cl)c4F)[C@H](C)C3)c(F)c(Cl)c2F)n[nH]1. The average molecular weight is 498 g/mol. The van der Waals surface area contributed by atoms with Crippen LogP contribution in [0.3, 0.4) is 0 Å². The van der Waals surface area contributed by atoms with Crippen molar-refractivity contribution in [2.24, 2.45) is 5.92 Å². The molecule has 0 radical (unpaired) electrons. The monoisotopic (exact) mass is 497 g/mol. The van der Waals surface area contributed by atoms with E-state index in [-0.39, 0.29) is 28.5 Å². The van der Waals surface area contributed by atoms with E-state index in [2.05, 4.69) is 32.3 Å². The summed E-state index contributed by atoms with van der Waals surface area (Å²) in [4.78, 5) is 6.37. The molecule has 1 aliphatic rings. The Labute approximate surface area is 200 Å². The van der Waals surface area contributed by atoms with Gasteiger partial charge in [-0.2, -0.15) is 5.10 Å². The lowest BCUT2D eigenvalue weighted by atomic mass is 9.87. The molecule has 1 aromatic carbocycles. The third kappa shape index (κ3) is 5.28. The minimum atomic E-state index is -0.953. The number of likely N-dealkylation sites (tertiary alicyclic amines) is 1. The molecule has 2 aromatic heterocycles. The number of pyridine rings is 1. The Morgan fingerprint density at radius 3 is 2.67 bits per heavy atom. The number of nitrogens with zero attached hydrogens (tertiary/aromatic N) is 3. The molecule has 5 nitrogen and oxygen atoms in total. The molecule has 4 rings (SSSR count). The first-order chi connectivity index (χ1) is 15.7. The number of halogens is 5. The van der Waals surface area contributed by atoms with Crippen LogP contribution >= 0.6 is 23.2 Å². The Morgan fingerprint density at radius 1 is 1.18 bits per heavy atom. The summed E-state index contributed by atoms with van der Waals surface area (Å²) in [7, 11) is 0. The van der Waals surface area contributed by atoms with Gasteiger partial charge in [0.15, 0.2) is 23.3 Å². The van der Waals surface area contributed by atoms with Gasteiger partial charge in [-0.3, -0.25) is 10.00 Å². The number of benzene rings is 1. The van der Waals surface area contributed by atoms with E-state index < -0.39 is 22.5 Å². The number of H-pyrrole nitrogens is 1. The van der Waals surface area contributed by atoms with Crippen molar-refractivity contribution in [1.82, 2.24) is 20.1 Å². The summed E-state index contributed by atoms with van der Waals surface area (Å²) in [6, 6.07) is 6.82. The number of rotatable bonds is 6. The van der Waals surface area contributed by atoms with Gasteiger partial charge < -0.3 is 5.32 Å². The molecular formula is C23H24Cl2F3N5. The van der Waals surface area contributed by atoms with Crippen molar-refractivity contribution >= 4 is 34.8 Å². The van der Waals surface area contributed by atoms with Crippen LogP contribution in [0.5, 0.6) is 0 Å². The maximum absolute atomic E-state index is 14.7. The average Bonchev–Trinajstić information content (AvgIpc) is 3.19. The van der Waals surface area contributed by atoms with E-state index in [1.54, 1.807) is 25.1 Å². The normalized spacial score (nSPS) is 19.1. The zero-order valence-electron chi connectivity index (χ0n) is 18.2. The highest BCUT2D eigenvalue weighted by atomic mass is 35.5. The number of nitrogens with one attached hydrogen (secondary N) is 2. The molecule has 0 saturated carbocycles. The van der Waals surface area contributed by atoms with Crippen molar-refractivity contribution in [3.8, 4) is 0 Å². The highest BCUT2D eigenvalue weighted by Gasteiger charge is 2.29. The van der Waals surface area contributed by atoms with Crippen LogP contribution in [0.25, 0.3) is 0 Å². The van der Waals surface area contributed by atoms with Crippen LogP contribution in [0.4, 0.5) is 24.8 Å². The minimum absolute atomic E-state index is 0.110. The van der Waals surface area contributed by atoms with Gasteiger partial charge in [0.25, 0.3) is 0 Å². The molecule has 1 saturated heterocycles. The van der Waals surface area contributed by atoms with E-state index in [1.165, 1.54) is 6.07 Å². The molecule has 2 atom stereocenters. The molecule has 3 aromatic rings. The first kappa shape index (κ1) is 23.9. The van der Waals surface area contributed by atoms with Crippen molar-refractivity contribution < 1.29 is 13.2 Å². The van der Waals surface area contributed by atoms with Crippen LogP contribution in [0.1, 0.15) is 36.7 Å². The second-order valence-corrected chi connectivity index (χ2v) is 9.32. The smallest absolute Gasteiger partial charge is 0.187 e. The van der Waals surface area contributed by atoms with E-state index >= 15 is 0 Å².